The third-order valence-corrected chi connectivity index (χ3v) is 6.82. The molecule has 0 spiro atoms. The number of nitrogens with one attached hydrogen (secondary N) is 2. The minimum absolute atomic E-state index is 0.186. The van der Waals surface area contributed by atoms with E-state index in [-0.39, 0.29) is 11.5 Å². The molecular weight excluding hydrogens is 377 g/mol. The van der Waals surface area contributed by atoms with Gasteiger partial charge in [0.15, 0.2) is 4.90 Å². The first kappa shape index (κ1) is 19.2. The number of rotatable bonds is 6. The molecule has 4 rings (SSSR count). The average molecular weight is 402 g/mol. The van der Waals surface area contributed by atoms with Gasteiger partial charge in [0, 0.05) is 12.6 Å². The van der Waals surface area contributed by atoms with Gasteiger partial charge in [0.05, 0.1) is 11.0 Å². The summed E-state index contributed by atoms with van der Waals surface area (Å²) in [4.78, 5) is 19.9. The first-order valence-corrected chi connectivity index (χ1v) is 11.0. The van der Waals surface area contributed by atoms with Crippen LogP contribution in [0.2, 0.25) is 0 Å². The van der Waals surface area contributed by atoms with E-state index in [4.69, 9.17) is 0 Å². The minimum atomic E-state index is -1.09. The van der Waals surface area contributed by atoms with E-state index in [0.29, 0.717) is 17.2 Å². The second kappa shape index (κ2) is 8.51. The number of aromatic nitrogens is 2. The number of imidazole rings is 1. The van der Waals surface area contributed by atoms with Crippen molar-refractivity contribution in [3.05, 3.63) is 64.3 Å². The van der Waals surface area contributed by atoms with E-state index in [2.05, 4.69) is 14.9 Å². The summed E-state index contributed by atoms with van der Waals surface area (Å²) in [5.41, 5.74) is 2.37. The highest BCUT2D eigenvalue weighted by molar-refractivity contribution is 7.91. The van der Waals surface area contributed by atoms with Gasteiger partial charge in [-0.1, -0.05) is 12.1 Å². The van der Waals surface area contributed by atoms with E-state index in [0.717, 1.165) is 49.3 Å². The van der Waals surface area contributed by atoms with E-state index in [1.807, 2.05) is 18.2 Å². The Hall–Kier alpha value is -2.09. The Morgan fingerprint density at radius 1 is 1.07 bits per heavy atom. The standard InChI is InChI=1S/C21H24FN3O2S/c22-17-3-1-15(2-4-17)13-16-7-9-25(10-8-16)11-12-28(27)18-5-6-19-20(14-18)24-21(26)23-19/h1-6,14,16H,7-13H2,(H2,23,24,26). The molecule has 28 heavy (non-hydrogen) atoms. The van der Waals surface area contributed by atoms with Crippen LogP contribution in [0.25, 0.3) is 11.0 Å². The second-order valence-corrected chi connectivity index (χ2v) is 9.02. The lowest BCUT2D eigenvalue weighted by Gasteiger charge is -2.31. The van der Waals surface area contributed by atoms with Crippen molar-refractivity contribution in [1.29, 1.82) is 0 Å². The second-order valence-electron chi connectivity index (χ2n) is 7.45. The third kappa shape index (κ3) is 4.66. The number of likely N-dealkylation sites (tertiary alicyclic amines) is 1. The maximum Gasteiger partial charge on any atom is 0.323 e. The van der Waals surface area contributed by atoms with Crippen molar-refractivity contribution in [2.45, 2.75) is 24.2 Å². The molecule has 1 atom stereocenters. The number of benzene rings is 2. The summed E-state index contributed by atoms with van der Waals surface area (Å²) < 4.78 is 25.6. The minimum Gasteiger partial charge on any atom is -0.611 e. The molecule has 0 saturated carbocycles. The van der Waals surface area contributed by atoms with E-state index < -0.39 is 11.2 Å². The monoisotopic (exact) mass is 401 g/mol. The number of fused-ring (bicyclic) bond motifs is 1. The maximum absolute atomic E-state index is 13.0. The molecule has 3 aromatic rings. The molecule has 1 aliphatic heterocycles. The molecule has 0 radical (unpaired) electrons. The quantitative estimate of drug-likeness (QED) is 0.624. The fraction of sp³-hybridized carbons (Fsp3) is 0.381. The molecule has 1 aliphatic rings. The highest BCUT2D eigenvalue weighted by Crippen LogP contribution is 2.22. The molecule has 1 aromatic heterocycles. The van der Waals surface area contributed by atoms with Crippen molar-refractivity contribution in [1.82, 2.24) is 14.9 Å². The summed E-state index contributed by atoms with van der Waals surface area (Å²) in [5, 5.41) is 0. The Morgan fingerprint density at radius 2 is 1.79 bits per heavy atom. The zero-order chi connectivity index (χ0) is 19.5. The van der Waals surface area contributed by atoms with Gasteiger partial charge in [-0.25, -0.2) is 9.18 Å². The normalized spacial score (nSPS) is 17.2. The van der Waals surface area contributed by atoms with E-state index in [1.165, 1.54) is 17.7 Å². The highest BCUT2D eigenvalue weighted by atomic mass is 32.2. The number of aromatic amines is 2. The summed E-state index contributed by atoms with van der Waals surface area (Å²) in [6, 6.07) is 12.2. The Bertz CT molecular complexity index is 977. The Labute approximate surface area is 166 Å². The van der Waals surface area contributed by atoms with Crippen LogP contribution >= 0.6 is 0 Å². The van der Waals surface area contributed by atoms with Gasteiger partial charge < -0.3 is 14.5 Å². The lowest BCUT2D eigenvalue weighted by Crippen LogP contribution is -2.37. The van der Waals surface area contributed by atoms with Gasteiger partial charge >= 0.3 is 5.69 Å². The number of halogens is 1. The van der Waals surface area contributed by atoms with Crippen LogP contribution < -0.4 is 5.69 Å². The molecule has 1 saturated heterocycles. The lowest BCUT2D eigenvalue weighted by molar-refractivity contribution is 0.193. The number of H-pyrrole nitrogens is 2. The summed E-state index contributed by atoms with van der Waals surface area (Å²) in [6.07, 6.45) is 3.22. The first-order chi connectivity index (χ1) is 13.6. The number of hydrogen-bond acceptors (Lipinski definition) is 3. The zero-order valence-corrected chi connectivity index (χ0v) is 16.4. The van der Waals surface area contributed by atoms with Gasteiger partial charge in [0.25, 0.3) is 0 Å². The van der Waals surface area contributed by atoms with Gasteiger partial charge in [0.1, 0.15) is 11.6 Å². The van der Waals surface area contributed by atoms with Gasteiger partial charge in [-0.2, -0.15) is 0 Å². The van der Waals surface area contributed by atoms with Gasteiger partial charge in [-0.05, 0) is 79.3 Å². The van der Waals surface area contributed by atoms with E-state index in [9.17, 15) is 13.7 Å². The summed E-state index contributed by atoms with van der Waals surface area (Å²) >= 11 is -1.09. The van der Waals surface area contributed by atoms with E-state index in [1.54, 1.807) is 12.1 Å². The van der Waals surface area contributed by atoms with Crippen LogP contribution in [0.5, 0.6) is 0 Å². The van der Waals surface area contributed by atoms with Crippen molar-refractivity contribution < 1.29 is 8.94 Å². The van der Waals surface area contributed by atoms with Crippen LogP contribution in [0.4, 0.5) is 4.39 Å². The molecule has 0 aliphatic carbocycles. The van der Waals surface area contributed by atoms with Gasteiger partial charge in [-0.15, -0.1) is 0 Å². The summed E-state index contributed by atoms with van der Waals surface area (Å²) in [7, 11) is 0. The molecule has 2 aromatic carbocycles. The molecule has 1 unspecified atom stereocenters. The van der Waals surface area contributed by atoms with E-state index >= 15 is 0 Å². The Kier molecular flexibility index (Phi) is 5.85. The fourth-order valence-electron chi connectivity index (χ4n) is 3.85. The molecule has 0 amide bonds. The molecular formula is C21H24FN3O2S. The molecule has 2 N–H and O–H groups in total. The highest BCUT2D eigenvalue weighted by Gasteiger charge is 2.21. The van der Waals surface area contributed by atoms with Crippen molar-refractivity contribution in [3.8, 4) is 0 Å². The van der Waals surface area contributed by atoms with Crippen LogP contribution in [0, 0.1) is 11.7 Å². The van der Waals surface area contributed by atoms with Crippen LogP contribution in [-0.4, -0.2) is 44.8 Å². The van der Waals surface area contributed by atoms with Gasteiger partial charge in [0.2, 0.25) is 0 Å². The average Bonchev–Trinajstić information content (AvgIpc) is 3.08. The summed E-state index contributed by atoms with van der Waals surface area (Å²) in [5.74, 6) is 1.02. The number of hydrogen-bond donors (Lipinski definition) is 2. The van der Waals surface area contributed by atoms with Crippen molar-refractivity contribution in [2.75, 3.05) is 25.4 Å². The molecule has 7 heteroatoms. The molecule has 148 valence electrons. The summed E-state index contributed by atoms with van der Waals surface area (Å²) in [6.45, 7) is 2.82. The zero-order valence-electron chi connectivity index (χ0n) is 15.6. The number of nitrogens with zero attached hydrogens (tertiary/aromatic N) is 1. The maximum atomic E-state index is 13.0. The molecule has 2 heterocycles. The Balaban J connectivity index is 1.25. The predicted octanol–water partition coefficient (Wildman–Crippen LogP) is 3.06. The van der Waals surface area contributed by atoms with Crippen LogP contribution in [0.3, 0.4) is 0 Å². The number of piperidine rings is 1. The molecule has 0 bridgehead atoms. The van der Waals surface area contributed by atoms with Crippen LogP contribution in [-0.2, 0) is 17.6 Å². The van der Waals surface area contributed by atoms with Crippen molar-refractivity contribution in [2.24, 2.45) is 5.92 Å². The predicted molar refractivity (Wildman–Crippen MR) is 109 cm³/mol. The fourth-order valence-corrected chi connectivity index (χ4v) is 4.98. The molecule has 1 fully saturated rings. The Morgan fingerprint density at radius 3 is 2.54 bits per heavy atom. The van der Waals surface area contributed by atoms with Crippen molar-refractivity contribution >= 4 is 22.2 Å². The van der Waals surface area contributed by atoms with Crippen LogP contribution in [0.1, 0.15) is 18.4 Å². The topological polar surface area (TPSA) is 75.0 Å². The van der Waals surface area contributed by atoms with Crippen molar-refractivity contribution in [3.63, 3.8) is 0 Å². The molecule has 5 nitrogen and oxygen atoms in total. The third-order valence-electron chi connectivity index (χ3n) is 5.49. The smallest absolute Gasteiger partial charge is 0.323 e. The first-order valence-electron chi connectivity index (χ1n) is 9.64. The van der Waals surface area contributed by atoms with Crippen LogP contribution in [0.15, 0.2) is 52.2 Å². The SMILES string of the molecule is O=c1[nH]c2ccc([S+]([O-])CCN3CCC(Cc4ccc(F)cc4)CC3)cc2[nH]1. The van der Waals surface area contributed by atoms with Gasteiger partial charge in [-0.3, -0.25) is 4.90 Å². The largest absolute Gasteiger partial charge is 0.611 e. The lowest BCUT2D eigenvalue weighted by atomic mass is 9.90.